The topological polar surface area (TPSA) is 28.2 Å². The van der Waals surface area contributed by atoms with Gasteiger partial charge in [0.25, 0.3) is 0 Å². The van der Waals surface area contributed by atoms with E-state index in [0.717, 1.165) is 6.54 Å². The fourth-order valence-corrected chi connectivity index (χ4v) is 2.44. The fourth-order valence-electron chi connectivity index (χ4n) is 2.00. The van der Waals surface area contributed by atoms with Crippen molar-refractivity contribution in [3.8, 4) is 0 Å². The lowest BCUT2D eigenvalue weighted by atomic mass is 10.2. The van der Waals surface area contributed by atoms with E-state index in [2.05, 4.69) is 22.2 Å². The molecule has 1 atom stereocenters. The lowest BCUT2D eigenvalue weighted by molar-refractivity contribution is 0.322. The molecule has 1 aliphatic rings. The van der Waals surface area contributed by atoms with Gasteiger partial charge >= 0.3 is 0 Å². The summed E-state index contributed by atoms with van der Waals surface area (Å²) >= 11 is 11.8. The number of likely N-dealkylation sites (tertiary alicyclic amines) is 1. The molecule has 0 saturated carbocycles. The summed E-state index contributed by atoms with van der Waals surface area (Å²) in [6, 6.07) is 2.28. The molecule has 88 valence electrons. The largest absolute Gasteiger partial charge is 0.367 e. The highest BCUT2D eigenvalue weighted by Crippen LogP contribution is 2.23. The number of nitrogens with zero attached hydrogens (tertiary/aromatic N) is 2. The number of pyridine rings is 1. The lowest BCUT2D eigenvalue weighted by Crippen LogP contribution is -2.31. The Hall–Kier alpha value is -0.510. The van der Waals surface area contributed by atoms with Crippen molar-refractivity contribution in [2.75, 3.05) is 25.5 Å². The van der Waals surface area contributed by atoms with Crippen molar-refractivity contribution in [3.05, 3.63) is 22.3 Å². The highest BCUT2D eigenvalue weighted by molar-refractivity contribution is 6.35. The molecular formula is C11H15Cl2N3. The van der Waals surface area contributed by atoms with E-state index >= 15 is 0 Å². The lowest BCUT2D eigenvalue weighted by Gasteiger charge is -2.20. The highest BCUT2D eigenvalue weighted by Gasteiger charge is 2.20. The minimum absolute atomic E-state index is 0.563. The number of nitrogens with one attached hydrogen (secondary N) is 1. The van der Waals surface area contributed by atoms with Crippen LogP contribution in [0.3, 0.4) is 0 Å². The quantitative estimate of drug-likeness (QED) is 0.905. The van der Waals surface area contributed by atoms with E-state index in [0.29, 0.717) is 21.9 Å². The average molecular weight is 260 g/mol. The minimum atomic E-state index is 0.563. The summed E-state index contributed by atoms with van der Waals surface area (Å²) in [7, 11) is 2.15. The van der Waals surface area contributed by atoms with Gasteiger partial charge in [0.15, 0.2) is 0 Å². The third-order valence-electron chi connectivity index (χ3n) is 2.98. The average Bonchev–Trinajstić information content (AvgIpc) is 2.63. The second-order valence-electron chi connectivity index (χ2n) is 4.14. The van der Waals surface area contributed by atoms with E-state index in [1.807, 2.05) is 0 Å². The first kappa shape index (κ1) is 12.0. The number of hydrogen-bond donors (Lipinski definition) is 1. The van der Waals surface area contributed by atoms with Crippen LogP contribution in [0.2, 0.25) is 10.0 Å². The van der Waals surface area contributed by atoms with Crippen molar-refractivity contribution in [3.63, 3.8) is 0 Å². The zero-order chi connectivity index (χ0) is 11.5. The summed E-state index contributed by atoms with van der Waals surface area (Å²) in [6.07, 6.45) is 4.10. The van der Waals surface area contributed by atoms with Crippen molar-refractivity contribution in [2.24, 2.45) is 0 Å². The standard InChI is InChI=1S/C11H15Cl2N3/c1-16-4-2-3-9(16)7-15-11-10(13)5-8(12)6-14-11/h5-6,9H,2-4,7H2,1H3,(H,14,15). The number of hydrogen-bond acceptors (Lipinski definition) is 3. The maximum atomic E-state index is 6.03. The van der Waals surface area contributed by atoms with Crippen LogP contribution in [0.15, 0.2) is 12.3 Å². The zero-order valence-corrected chi connectivity index (χ0v) is 10.7. The summed E-state index contributed by atoms with van der Waals surface area (Å²) in [5.41, 5.74) is 0. The fraction of sp³-hybridized carbons (Fsp3) is 0.545. The van der Waals surface area contributed by atoms with Crippen LogP contribution in [-0.4, -0.2) is 36.1 Å². The van der Waals surface area contributed by atoms with Gasteiger partial charge in [-0.1, -0.05) is 23.2 Å². The Bertz CT molecular complexity index is 370. The predicted octanol–water partition coefficient (Wildman–Crippen LogP) is 2.89. The van der Waals surface area contributed by atoms with Crippen LogP contribution in [0.1, 0.15) is 12.8 Å². The summed E-state index contributed by atoms with van der Waals surface area (Å²) < 4.78 is 0. The van der Waals surface area contributed by atoms with Gasteiger partial charge in [0.05, 0.1) is 10.0 Å². The van der Waals surface area contributed by atoms with Gasteiger partial charge in [0.2, 0.25) is 0 Å². The number of halogens is 2. The van der Waals surface area contributed by atoms with Crippen molar-refractivity contribution in [1.29, 1.82) is 0 Å². The van der Waals surface area contributed by atoms with Gasteiger partial charge in [-0.3, -0.25) is 0 Å². The van der Waals surface area contributed by atoms with Gasteiger partial charge in [-0.2, -0.15) is 0 Å². The van der Waals surface area contributed by atoms with Crippen molar-refractivity contribution < 1.29 is 0 Å². The predicted molar refractivity (Wildman–Crippen MR) is 68.4 cm³/mol. The second kappa shape index (κ2) is 5.21. The Kier molecular flexibility index (Phi) is 3.90. The van der Waals surface area contributed by atoms with Crippen LogP contribution in [0.4, 0.5) is 5.82 Å². The number of likely N-dealkylation sites (N-methyl/N-ethyl adjacent to an activating group) is 1. The second-order valence-corrected chi connectivity index (χ2v) is 4.99. The summed E-state index contributed by atoms with van der Waals surface area (Å²) in [5.74, 6) is 0.714. The van der Waals surface area contributed by atoms with Crippen LogP contribution in [0, 0.1) is 0 Å². The molecule has 5 heteroatoms. The first-order chi connectivity index (χ1) is 7.66. The number of rotatable bonds is 3. The van der Waals surface area contributed by atoms with E-state index < -0.39 is 0 Å². The molecule has 1 saturated heterocycles. The van der Waals surface area contributed by atoms with E-state index in [9.17, 15) is 0 Å². The molecule has 2 heterocycles. The Morgan fingerprint density at radius 3 is 3.00 bits per heavy atom. The number of aromatic nitrogens is 1. The first-order valence-electron chi connectivity index (χ1n) is 5.42. The molecule has 0 radical (unpaired) electrons. The Labute approximate surface area is 106 Å². The Balaban J connectivity index is 1.94. The SMILES string of the molecule is CN1CCCC1CNc1ncc(Cl)cc1Cl. The molecule has 1 fully saturated rings. The van der Waals surface area contributed by atoms with Crippen LogP contribution in [0.5, 0.6) is 0 Å². The molecule has 0 spiro atoms. The molecule has 2 rings (SSSR count). The molecular weight excluding hydrogens is 245 g/mol. The molecule has 0 aliphatic carbocycles. The smallest absolute Gasteiger partial charge is 0.144 e. The van der Waals surface area contributed by atoms with Crippen LogP contribution in [0.25, 0.3) is 0 Å². The third kappa shape index (κ3) is 2.78. The van der Waals surface area contributed by atoms with E-state index in [4.69, 9.17) is 23.2 Å². The molecule has 1 unspecified atom stereocenters. The molecule has 1 N–H and O–H groups in total. The zero-order valence-electron chi connectivity index (χ0n) is 9.21. The summed E-state index contributed by atoms with van der Waals surface area (Å²) in [5, 5.41) is 4.41. The van der Waals surface area contributed by atoms with Gasteiger partial charge in [-0.05, 0) is 32.5 Å². The summed E-state index contributed by atoms with van der Waals surface area (Å²) in [6.45, 7) is 2.05. The van der Waals surface area contributed by atoms with Gasteiger partial charge in [0.1, 0.15) is 5.82 Å². The van der Waals surface area contributed by atoms with Crippen LogP contribution < -0.4 is 5.32 Å². The molecule has 1 aromatic rings. The van der Waals surface area contributed by atoms with Crippen molar-refractivity contribution >= 4 is 29.0 Å². The normalized spacial score (nSPS) is 21.3. The van der Waals surface area contributed by atoms with Gasteiger partial charge in [-0.15, -0.1) is 0 Å². The Morgan fingerprint density at radius 1 is 1.56 bits per heavy atom. The van der Waals surface area contributed by atoms with E-state index in [1.54, 1.807) is 12.3 Å². The van der Waals surface area contributed by atoms with E-state index in [1.165, 1.54) is 19.4 Å². The highest BCUT2D eigenvalue weighted by atomic mass is 35.5. The molecule has 1 aliphatic heterocycles. The molecule has 1 aromatic heterocycles. The number of anilines is 1. The van der Waals surface area contributed by atoms with Crippen molar-refractivity contribution in [2.45, 2.75) is 18.9 Å². The van der Waals surface area contributed by atoms with Gasteiger partial charge in [0, 0.05) is 18.8 Å². The van der Waals surface area contributed by atoms with E-state index in [-0.39, 0.29) is 0 Å². The minimum Gasteiger partial charge on any atom is -0.367 e. The van der Waals surface area contributed by atoms with Crippen LogP contribution >= 0.6 is 23.2 Å². The van der Waals surface area contributed by atoms with Gasteiger partial charge < -0.3 is 10.2 Å². The van der Waals surface area contributed by atoms with Crippen molar-refractivity contribution in [1.82, 2.24) is 9.88 Å². The maximum absolute atomic E-state index is 6.03. The van der Waals surface area contributed by atoms with Crippen LogP contribution in [-0.2, 0) is 0 Å². The molecule has 3 nitrogen and oxygen atoms in total. The molecule has 0 aromatic carbocycles. The first-order valence-corrected chi connectivity index (χ1v) is 6.17. The molecule has 0 amide bonds. The molecule has 16 heavy (non-hydrogen) atoms. The Morgan fingerprint density at radius 2 is 2.38 bits per heavy atom. The third-order valence-corrected chi connectivity index (χ3v) is 3.48. The summed E-state index contributed by atoms with van der Waals surface area (Å²) in [4.78, 5) is 6.53. The van der Waals surface area contributed by atoms with Gasteiger partial charge in [-0.25, -0.2) is 4.98 Å². The molecule has 0 bridgehead atoms. The monoisotopic (exact) mass is 259 g/mol. The maximum Gasteiger partial charge on any atom is 0.144 e.